The third-order valence-electron chi connectivity index (χ3n) is 4.19. The largest absolute Gasteiger partial charge is 0.490 e. The average Bonchev–Trinajstić information content (AvgIpc) is 3.19. The first kappa shape index (κ1) is 17.9. The Morgan fingerprint density at radius 2 is 2.00 bits per heavy atom. The molecule has 2 aromatic rings. The number of para-hydroxylation sites is 1. The number of ether oxygens (including phenoxy) is 2. The number of anilines is 1. The Balaban J connectivity index is 1.70. The Labute approximate surface area is 152 Å². The second kappa shape index (κ2) is 8.49. The number of benzene rings is 2. The van der Waals surface area contributed by atoms with Crippen LogP contribution >= 0.6 is 0 Å². The van der Waals surface area contributed by atoms with E-state index in [0.717, 1.165) is 19.4 Å². The van der Waals surface area contributed by atoms with Gasteiger partial charge in [-0.05, 0) is 43.2 Å². The third-order valence-corrected chi connectivity index (χ3v) is 4.19. The van der Waals surface area contributed by atoms with Gasteiger partial charge < -0.3 is 20.1 Å². The van der Waals surface area contributed by atoms with Gasteiger partial charge in [-0.15, -0.1) is 0 Å². The van der Waals surface area contributed by atoms with Crippen molar-refractivity contribution in [3.63, 3.8) is 0 Å². The zero-order valence-electron chi connectivity index (χ0n) is 14.7. The predicted molar refractivity (Wildman–Crippen MR) is 98.7 cm³/mol. The molecule has 2 N–H and O–H groups in total. The number of hydrogen-bond donors (Lipinski definition) is 2. The molecule has 6 heteroatoms. The highest BCUT2D eigenvalue weighted by molar-refractivity contribution is 6.06. The molecule has 0 aromatic heterocycles. The summed E-state index contributed by atoms with van der Waals surface area (Å²) in [5, 5.41) is 5.38. The molecule has 6 nitrogen and oxygen atoms in total. The molecule has 1 aliphatic heterocycles. The van der Waals surface area contributed by atoms with Gasteiger partial charge in [-0.25, -0.2) is 0 Å². The van der Waals surface area contributed by atoms with Crippen molar-refractivity contribution in [3.05, 3.63) is 59.7 Å². The molecule has 136 valence electrons. The smallest absolute Gasteiger partial charge is 0.259 e. The van der Waals surface area contributed by atoms with Crippen molar-refractivity contribution >= 4 is 17.5 Å². The van der Waals surface area contributed by atoms with Crippen LogP contribution in [-0.4, -0.2) is 38.2 Å². The Hall–Kier alpha value is -2.86. The van der Waals surface area contributed by atoms with E-state index in [2.05, 4.69) is 10.6 Å². The molecule has 26 heavy (non-hydrogen) atoms. The zero-order valence-corrected chi connectivity index (χ0v) is 14.7. The van der Waals surface area contributed by atoms with Crippen LogP contribution < -0.4 is 15.4 Å². The molecule has 1 unspecified atom stereocenters. The highest BCUT2D eigenvalue weighted by Crippen LogP contribution is 2.22. The third kappa shape index (κ3) is 4.40. The maximum Gasteiger partial charge on any atom is 0.259 e. The molecule has 0 aliphatic carbocycles. The number of amides is 2. The van der Waals surface area contributed by atoms with Crippen molar-refractivity contribution in [2.24, 2.45) is 0 Å². The van der Waals surface area contributed by atoms with E-state index in [0.29, 0.717) is 29.2 Å². The number of hydrogen-bond acceptors (Lipinski definition) is 4. The van der Waals surface area contributed by atoms with Crippen molar-refractivity contribution in [2.45, 2.75) is 18.9 Å². The van der Waals surface area contributed by atoms with Crippen molar-refractivity contribution in [3.8, 4) is 5.75 Å². The van der Waals surface area contributed by atoms with Crippen LogP contribution in [0, 0.1) is 0 Å². The summed E-state index contributed by atoms with van der Waals surface area (Å²) in [6.07, 6.45) is 2.09. The number of nitrogens with one attached hydrogen (secondary N) is 2. The predicted octanol–water partition coefficient (Wildman–Crippen LogP) is 2.86. The molecule has 0 bridgehead atoms. The molecular weight excluding hydrogens is 332 g/mol. The minimum atomic E-state index is -0.290. The molecule has 0 spiro atoms. The van der Waals surface area contributed by atoms with Crippen LogP contribution in [-0.2, 0) is 4.74 Å². The zero-order chi connectivity index (χ0) is 18.4. The minimum absolute atomic E-state index is 0.0790. The molecule has 1 fully saturated rings. The van der Waals surface area contributed by atoms with Crippen LogP contribution in [0.3, 0.4) is 0 Å². The lowest BCUT2D eigenvalue weighted by molar-refractivity contribution is 0.0673. The Bertz CT molecular complexity index is 785. The molecule has 2 aromatic carbocycles. The van der Waals surface area contributed by atoms with Crippen LogP contribution in [0.25, 0.3) is 0 Å². The first-order valence-corrected chi connectivity index (χ1v) is 8.64. The fourth-order valence-electron chi connectivity index (χ4n) is 2.82. The van der Waals surface area contributed by atoms with Crippen molar-refractivity contribution in [2.75, 3.05) is 25.6 Å². The van der Waals surface area contributed by atoms with Crippen molar-refractivity contribution in [1.29, 1.82) is 0 Å². The maximum absolute atomic E-state index is 12.7. The summed E-state index contributed by atoms with van der Waals surface area (Å²) < 4.78 is 11.4. The second-order valence-electron chi connectivity index (χ2n) is 6.06. The summed E-state index contributed by atoms with van der Waals surface area (Å²) in [5.41, 5.74) is 1.47. The van der Waals surface area contributed by atoms with Gasteiger partial charge >= 0.3 is 0 Å². The lowest BCUT2D eigenvalue weighted by Gasteiger charge is -2.14. The van der Waals surface area contributed by atoms with Crippen LogP contribution in [0.15, 0.2) is 48.5 Å². The maximum atomic E-state index is 12.7. The molecule has 3 rings (SSSR count). The van der Waals surface area contributed by atoms with Crippen molar-refractivity contribution < 1.29 is 19.1 Å². The van der Waals surface area contributed by atoms with Gasteiger partial charge in [-0.2, -0.15) is 0 Å². The molecular formula is C20H22N2O4. The highest BCUT2D eigenvalue weighted by Gasteiger charge is 2.18. The summed E-state index contributed by atoms with van der Waals surface area (Å²) in [6.45, 7) is 1.19. The quantitative estimate of drug-likeness (QED) is 0.836. The van der Waals surface area contributed by atoms with Gasteiger partial charge in [0.25, 0.3) is 11.8 Å². The monoisotopic (exact) mass is 354 g/mol. The minimum Gasteiger partial charge on any atom is -0.490 e. The van der Waals surface area contributed by atoms with E-state index in [1.807, 2.05) is 6.07 Å². The second-order valence-corrected chi connectivity index (χ2v) is 6.06. The summed E-state index contributed by atoms with van der Waals surface area (Å²) in [4.78, 5) is 24.4. The van der Waals surface area contributed by atoms with Crippen molar-refractivity contribution in [1.82, 2.24) is 5.32 Å². The van der Waals surface area contributed by atoms with E-state index in [4.69, 9.17) is 9.47 Å². The number of carbonyl (C=O) groups is 2. The molecule has 0 saturated carbocycles. The number of rotatable bonds is 6. The molecule has 2 amide bonds. The Kier molecular flexibility index (Phi) is 5.86. The van der Waals surface area contributed by atoms with Crippen LogP contribution in [0.2, 0.25) is 0 Å². The molecule has 1 aliphatic rings. The van der Waals surface area contributed by atoms with Crippen LogP contribution in [0.5, 0.6) is 5.75 Å². The van der Waals surface area contributed by atoms with Gasteiger partial charge in [0.2, 0.25) is 0 Å². The standard InChI is InChI=1S/C20H22N2O4/c1-21-19(23)14-6-4-7-15(12-14)22-20(24)17-9-2-3-10-18(17)26-13-16-8-5-11-25-16/h2-4,6-7,9-10,12,16H,5,8,11,13H2,1H3,(H,21,23)(H,22,24). The SMILES string of the molecule is CNC(=O)c1cccc(NC(=O)c2ccccc2OCC2CCCO2)c1. The normalized spacial score (nSPS) is 16.1. The van der Waals surface area contributed by atoms with E-state index in [1.54, 1.807) is 49.5 Å². The fraction of sp³-hybridized carbons (Fsp3) is 0.300. The molecule has 0 radical (unpaired) electrons. The summed E-state index contributed by atoms with van der Waals surface area (Å²) in [5.74, 6) is 0.0198. The van der Waals surface area contributed by atoms with E-state index >= 15 is 0 Å². The van der Waals surface area contributed by atoms with Crippen LogP contribution in [0.1, 0.15) is 33.6 Å². The fourth-order valence-corrected chi connectivity index (χ4v) is 2.82. The lowest BCUT2D eigenvalue weighted by atomic mass is 10.1. The topological polar surface area (TPSA) is 76.7 Å². The first-order valence-electron chi connectivity index (χ1n) is 8.64. The first-order chi connectivity index (χ1) is 12.7. The molecule has 1 saturated heterocycles. The van der Waals surface area contributed by atoms with Gasteiger partial charge in [0.15, 0.2) is 0 Å². The average molecular weight is 354 g/mol. The Morgan fingerprint density at radius 3 is 2.77 bits per heavy atom. The summed E-state index contributed by atoms with van der Waals surface area (Å²) >= 11 is 0. The van der Waals surface area contributed by atoms with Gasteiger partial charge in [-0.1, -0.05) is 18.2 Å². The van der Waals surface area contributed by atoms with Gasteiger partial charge in [0.05, 0.1) is 11.7 Å². The van der Waals surface area contributed by atoms with E-state index in [1.165, 1.54) is 0 Å². The lowest BCUT2D eigenvalue weighted by Crippen LogP contribution is -2.20. The van der Waals surface area contributed by atoms with Gasteiger partial charge in [0, 0.05) is 24.9 Å². The molecule has 1 atom stereocenters. The molecule has 1 heterocycles. The highest BCUT2D eigenvalue weighted by atomic mass is 16.5. The number of carbonyl (C=O) groups excluding carboxylic acids is 2. The summed E-state index contributed by atoms with van der Waals surface area (Å²) in [7, 11) is 1.56. The van der Waals surface area contributed by atoms with E-state index in [9.17, 15) is 9.59 Å². The van der Waals surface area contributed by atoms with E-state index < -0.39 is 0 Å². The Morgan fingerprint density at radius 1 is 1.15 bits per heavy atom. The van der Waals surface area contributed by atoms with Crippen LogP contribution in [0.4, 0.5) is 5.69 Å². The van der Waals surface area contributed by atoms with Gasteiger partial charge in [0.1, 0.15) is 12.4 Å². The summed E-state index contributed by atoms with van der Waals surface area (Å²) in [6, 6.07) is 13.9. The van der Waals surface area contributed by atoms with Gasteiger partial charge in [-0.3, -0.25) is 9.59 Å². The van der Waals surface area contributed by atoms with E-state index in [-0.39, 0.29) is 17.9 Å².